The first kappa shape index (κ1) is 28.1. The maximum absolute atomic E-state index is 13.3. The number of nitrogens with zero attached hydrogens (tertiary/aromatic N) is 2. The van der Waals surface area contributed by atoms with Crippen molar-refractivity contribution in [2.75, 3.05) is 19.7 Å². The lowest BCUT2D eigenvalue weighted by Crippen LogP contribution is -2.52. The average molecular weight is 536 g/mol. The van der Waals surface area contributed by atoms with Gasteiger partial charge in [0.05, 0.1) is 11.6 Å². The van der Waals surface area contributed by atoms with Crippen LogP contribution in [0.4, 0.5) is 0 Å². The summed E-state index contributed by atoms with van der Waals surface area (Å²) in [7, 11) is 0. The molecule has 0 unspecified atom stereocenters. The van der Waals surface area contributed by atoms with E-state index in [9.17, 15) is 19.2 Å². The van der Waals surface area contributed by atoms with Crippen molar-refractivity contribution in [2.45, 2.75) is 64.1 Å². The van der Waals surface area contributed by atoms with Crippen LogP contribution in [0.1, 0.15) is 55.6 Å². The quantitative estimate of drug-likeness (QED) is 0.536. The Hall–Kier alpha value is -3.95. The van der Waals surface area contributed by atoms with Crippen molar-refractivity contribution in [3.8, 4) is 5.75 Å². The van der Waals surface area contributed by atoms with Crippen molar-refractivity contribution in [1.82, 2.24) is 25.8 Å². The van der Waals surface area contributed by atoms with Gasteiger partial charge in [-0.25, -0.2) is 0 Å². The summed E-state index contributed by atoms with van der Waals surface area (Å²) >= 11 is 0. The number of para-hydroxylation sites is 1. The lowest BCUT2D eigenvalue weighted by molar-refractivity contribution is -0.139. The van der Waals surface area contributed by atoms with E-state index in [0.717, 1.165) is 12.1 Å². The van der Waals surface area contributed by atoms with E-state index < -0.39 is 18.0 Å². The standard InChI is InChI=1S/C29H37N5O5/c1-19(2)23-18-39-25-11-4-3-9-21(25)27(36)32-22(28(37)31-16-14-20-8-5-6-15-30-20)12-13-26(35)34-17-7-10-24(34)29(38)33-23/h3-6,8-9,11,15,19,22-24H,7,10,12-14,16-18H2,1-2H3,(H,31,37)(H,32,36)(H,33,38)/t22-,23-,24-/m0/s1. The minimum absolute atomic E-state index is 0.0220. The number of hydrogen-bond donors (Lipinski definition) is 3. The van der Waals surface area contributed by atoms with Crippen molar-refractivity contribution in [3.63, 3.8) is 0 Å². The van der Waals surface area contributed by atoms with Gasteiger partial charge in [0.2, 0.25) is 17.7 Å². The third kappa shape index (κ3) is 7.34. The van der Waals surface area contributed by atoms with Crippen molar-refractivity contribution < 1.29 is 23.9 Å². The number of fused-ring (bicyclic) bond motifs is 2. The average Bonchev–Trinajstić information content (AvgIpc) is 3.43. The van der Waals surface area contributed by atoms with Crippen molar-refractivity contribution in [2.24, 2.45) is 5.92 Å². The fraction of sp³-hybridized carbons (Fsp3) is 0.483. The van der Waals surface area contributed by atoms with Crippen LogP contribution in [0.3, 0.4) is 0 Å². The number of aromatic nitrogens is 1. The molecule has 3 heterocycles. The molecule has 10 heteroatoms. The molecule has 39 heavy (non-hydrogen) atoms. The molecule has 0 spiro atoms. The lowest BCUT2D eigenvalue weighted by Gasteiger charge is -2.28. The summed E-state index contributed by atoms with van der Waals surface area (Å²) in [5.41, 5.74) is 1.11. The van der Waals surface area contributed by atoms with Crippen molar-refractivity contribution in [1.29, 1.82) is 0 Å². The molecule has 0 aliphatic carbocycles. The molecule has 3 N–H and O–H groups in total. The van der Waals surface area contributed by atoms with E-state index >= 15 is 0 Å². The Kier molecular flexibility index (Phi) is 9.51. The summed E-state index contributed by atoms with van der Waals surface area (Å²) in [6, 6.07) is 10.6. The van der Waals surface area contributed by atoms with Gasteiger partial charge < -0.3 is 25.6 Å². The van der Waals surface area contributed by atoms with Gasteiger partial charge in [0.1, 0.15) is 24.4 Å². The molecule has 1 aromatic carbocycles. The maximum Gasteiger partial charge on any atom is 0.255 e. The zero-order valence-corrected chi connectivity index (χ0v) is 22.5. The van der Waals surface area contributed by atoms with Crippen LogP contribution >= 0.6 is 0 Å². The minimum Gasteiger partial charge on any atom is -0.491 e. The normalized spacial score (nSPS) is 22.5. The monoisotopic (exact) mass is 535 g/mol. The predicted molar refractivity (Wildman–Crippen MR) is 145 cm³/mol. The summed E-state index contributed by atoms with van der Waals surface area (Å²) < 4.78 is 6.03. The fourth-order valence-electron chi connectivity index (χ4n) is 4.88. The van der Waals surface area contributed by atoms with Gasteiger partial charge in [0.15, 0.2) is 0 Å². The van der Waals surface area contributed by atoms with E-state index in [1.165, 1.54) is 0 Å². The highest BCUT2D eigenvalue weighted by atomic mass is 16.5. The van der Waals surface area contributed by atoms with E-state index in [-0.39, 0.29) is 54.7 Å². The molecule has 2 aliphatic heterocycles. The lowest BCUT2D eigenvalue weighted by atomic mass is 10.0. The second kappa shape index (κ2) is 13.2. The Bertz CT molecular complexity index is 1170. The van der Waals surface area contributed by atoms with Gasteiger partial charge >= 0.3 is 0 Å². The van der Waals surface area contributed by atoms with Crippen LogP contribution in [0, 0.1) is 5.92 Å². The molecule has 10 nitrogen and oxygen atoms in total. The van der Waals surface area contributed by atoms with Gasteiger partial charge in [-0.1, -0.05) is 32.0 Å². The van der Waals surface area contributed by atoms with E-state index in [4.69, 9.17) is 4.74 Å². The molecule has 2 aromatic rings. The van der Waals surface area contributed by atoms with Gasteiger partial charge in [-0.05, 0) is 49.4 Å². The van der Waals surface area contributed by atoms with E-state index in [2.05, 4.69) is 20.9 Å². The molecule has 0 saturated carbocycles. The topological polar surface area (TPSA) is 130 Å². The third-order valence-corrected chi connectivity index (χ3v) is 7.23. The van der Waals surface area contributed by atoms with Crippen LogP contribution in [0.15, 0.2) is 48.7 Å². The summed E-state index contributed by atoms with van der Waals surface area (Å²) in [5, 5.41) is 8.73. The Morgan fingerprint density at radius 3 is 2.67 bits per heavy atom. The second-order valence-electron chi connectivity index (χ2n) is 10.3. The van der Waals surface area contributed by atoms with E-state index in [1.807, 2.05) is 32.0 Å². The molecule has 1 aromatic heterocycles. The minimum atomic E-state index is -0.943. The molecular weight excluding hydrogens is 498 g/mol. The first-order valence-electron chi connectivity index (χ1n) is 13.6. The number of nitrogens with one attached hydrogen (secondary N) is 3. The highest BCUT2D eigenvalue weighted by Crippen LogP contribution is 2.22. The third-order valence-electron chi connectivity index (χ3n) is 7.23. The smallest absolute Gasteiger partial charge is 0.255 e. The number of rotatable bonds is 5. The van der Waals surface area contributed by atoms with Gasteiger partial charge in [0.25, 0.3) is 5.91 Å². The van der Waals surface area contributed by atoms with Crippen LogP contribution in [0.25, 0.3) is 0 Å². The zero-order chi connectivity index (χ0) is 27.8. The molecule has 1 fully saturated rings. The van der Waals surface area contributed by atoms with Crippen LogP contribution in [0.2, 0.25) is 0 Å². The molecule has 0 bridgehead atoms. The zero-order valence-electron chi connectivity index (χ0n) is 22.5. The predicted octanol–water partition coefficient (Wildman–Crippen LogP) is 1.84. The fourth-order valence-corrected chi connectivity index (χ4v) is 4.88. The number of ether oxygens (including phenoxy) is 1. The van der Waals surface area contributed by atoms with Crippen LogP contribution in [-0.4, -0.2) is 71.3 Å². The van der Waals surface area contributed by atoms with Gasteiger partial charge in [-0.3, -0.25) is 24.2 Å². The maximum atomic E-state index is 13.3. The molecule has 0 radical (unpaired) electrons. The number of benzene rings is 1. The number of pyridine rings is 1. The molecule has 208 valence electrons. The molecule has 1 saturated heterocycles. The molecule has 2 aliphatic rings. The molecular formula is C29H37N5O5. The number of hydrogen-bond acceptors (Lipinski definition) is 6. The van der Waals surface area contributed by atoms with E-state index in [1.54, 1.807) is 35.4 Å². The van der Waals surface area contributed by atoms with Crippen molar-refractivity contribution in [3.05, 3.63) is 59.9 Å². The largest absolute Gasteiger partial charge is 0.491 e. The number of amides is 4. The molecule has 4 amide bonds. The first-order valence-corrected chi connectivity index (χ1v) is 13.6. The van der Waals surface area contributed by atoms with Crippen LogP contribution in [0.5, 0.6) is 5.75 Å². The van der Waals surface area contributed by atoms with E-state index in [0.29, 0.717) is 31.7 Å². The number of carbonyl (C=O) groups excluding carboxylic acids is 4. The highest BCUT2D eigenvalue weighted by Gasteiger charge is 2.36. The Morgan fingerprint density at radius 2 is 1.90 bits per heavy atom. The second-order valence-corrected chi connectivity index (χ2v) is 10.3. The van der Waals surface area contributed by atoms with Gasteiger partial charge in [-0.2, -0.15) is 0 Å². The Labute approximate surface area is 228 Å². The molecule has 3 atom stereocenters. The summed E-state index contributed by atoms with van der Waals surface area (Å²) in [6.07, 6.45) is 3.66. The molecule has 4 rings (SSSR count). The summed E-state index contributed by atoms with van der Waals surface area (Å²) in [4.78, 5) is 58.8. The van der Waals surface area contributed by atoms with Crippen LogP contribution in [-0.2, 0) is 20.8 Å². The van der Waals surface area contributed by atoms with Gasteiger partial charge in [0, 0.05) is 37.8 Å². The first-order chi connectivity index (χ1) is 18.8. The SMILES string of the molecule is CC(C)[C@@H]1COc2ccccc2C(=O)N[C@H](C(=O)NCCc2ccccn2)CCC(=O)N2CCC[C@H]2C(=O)N1. The highest BCUT2D eigenvalue weighted by molar-refractivity contribution is 5.99. The van der Waals surface area contributed by atoms with Crippen molar-refractivity contribution >= 4 is 23.6 Å². The Morgan fingerprint density at radius 1 is 1.10 bits per heavy atom. The van der Waals surface area contributed by atoms with Crippen LogP contribution < -0.4 is 20.7 Å². The van der Waals surface area contributed by atoms with Gasteiger partial charge in [-0.15, -0.1) is 0 Å². The summed E-state index contributed by atoms with van der Waals surface area (Å²) in [6.45, 7) is 4.94. The Balaban J connectivity index is 1.55. The summed E-state index contributed by atoms with van der Waals surface area (Å²) in [5.74, 6) is -0.842. The number of carbonyl (C=O) groups is 4.